The Morgan fingerprint density at radius 2 is 2.12 bits per heavy atom. The van der Waals surface area contributed by atoms with Crippen LogP contribution < -0.4 is 9.64 Å². The number of hydrogen-bond acceptors (Lipinski definition) is 3. The Morgan fingerprint density at radius 1 is 1.41 bits per heavy atom. The quantitative estimate of drug-likeness (QED) is 0.454. The molecule has 1 aromatic carbocycles. The molecule has 0 aliphatic heterocycles. The summed E-state index contributed by atoms with van der Waals surface area (Å²) in [5, 5.41) is 10.8. The van der Waals surface area contributed by atoms with E-state index in [2.05, 4.69) is 14.1 Å². The largest absolute Gasteiger partial charge is 0.487 e. The van der Waals surface area contributed by atoms with Crippen LogP contribution in [-0.2, 0) is 0 Å². The predicted molar refractivity (Wildman–Crippen MR) is 65.6 cm³/mol. The highest BCUT2D eigenvalue weighted by Crippen LogP contribution is 2.27. The van der Waals surface area contributed by atoms with Crippen LogP contribution >= 0.6 is 0 Å². The molecule has 0 amide bonds. The van der Waals surface area contributed by atoms with E-state index in [-0.39, 0.29) is 5.69 Å². The number of ether oxygens (including phenoxy) is 1. The standard InChI is InChI=1S/C12H18N2O3/c1-10-5-6-12(11(9-10)14(15)16)17-8-4-7-13(2)3/h5-6,9H,4,7-8H2,1-3H3/p+1. The van der Waals surface area contributed by atoms with E-state index in [1.165, 1.54) is 11.0 Å². The molecule has 0 saturated carbocycles. The van der Waals surface area contributed by atoms with Crippen molar-refractivity contribution in [3.05, 3.63) is 33.9 Å². The van der Waals surface area contributed by atoms with Gasteiger partial charge in [-0.25, -0.2) is 0 Å². The molecule has 0 aliphatic carbocycles. The summed E-state index contributed by atoms with van der Waals surface area (Å²) in [6.45, 7) is 3.32. The molecule has 1 rings (SSSR count). The van der Waals surface area contributed by atoms with Gasteiger partial charge in [0.05, 0.1) is 32.2 Å². The van der Waals surface area contributed by atoms with Gasteiger partial charge in [0.25, 0.3) is 0 Å². The smallest absolute Gasteiger partial charge is 0.311 e. The van der Waals surface area contributed by atoms with Crippen LogP contribution in [0, 0.1) is 17.0 Å². The molecule has 0 fully saturated rings. The van der Waals surface area contributed by atoms with Gasteiger partial charge in [0.15, 0.2) is 5.75 Å². The van der Waals surface area contributed by atoms with Crippen molar-refractivity contribution >= 4 is 5.69 Å². The minimum absolute atomic E-state index is 0.0437. The minimum atomic E-state index is -0.403. The Kier molecular flexibility index (Phi) is 4.90. The van der Waals surface area contributed by atoms with E-state index in [0.29, 0.717) is 12.4 Å². The second-order valence-electron chi connectivity index (χ2n) is 4.39. The number of quaternary nitrogens is 1. The molecular formula is C12H19N2O3+. The first-order valence-electron chi connectivity index (χ1n) is 5.67. The first-order chi connectivity index (χ1) is 8.00. The van der Waals surface area contributed by atoms with Crippen molar-refractivity contribution in [3.8, 4) is 5.75 Å². The van der Waals surface area contributed by atoms with Gasteiger partial charge in [-0.15, -0.1) is 0 Å². The summed E-state index contributed by atoms with van der Waals surface area (Å²) in [6.07, 6.45) is 0.882. The summed E-state index contributed by atoms with van der Waals surface area (Å²) in [5.74, 6) is 0.356. The highest BCUT2D eigenvalue weighted by Gasteiger charge is 2.14. The van der Waals surface area contributed by atoms with Crippen LogP contribution in [0.1, 0.15) is 12.0 Å². The fraction of sp³-hybridized carbons (Fsp3) is 0.500. The molecule has 94 valence electrons. The summed E-state index contributed by atoms with van der Waals surface area (Å²) < 4.78 is 5.45. The zero-order valence-electron chi connectivity index (χ0n) is 10.5. The molecule has 0 spiro atoms. The second-order valence-corrected chi connectivity index (χ2v) is 4.39. The molecule has 0 atom stereocenters. The number of benzene rings is 1. The van der Waals surface area contributed by atoms with Crippen LogP contribution in [0.25, 0.3) is 0 Å². The summed E-state index contributed by atoms with van der Waals surface area (Å²) >= 11 is 0. The molecule has 17 heavy (non-hydrogen) atoms. The summed E-state index contributed by atoms with van der Waals surface area (Å²) in [4.78, 5) is 11.8. The maximum absolute atomic E-state index is 10.8. The van der Waals surface area contributed by atoms with Gasteiger partial charge in [-0.2, -0.15) is 0 Å². The Morgan fingerprint density at radius 3 is 2.71 bits per heavy atom. The number of rotatable bonds is 6. The van der Waals surface area contributed by atoms with Crippen molar-refractivity contribution < 1.29 is 14.6 Å². The Bertz CT molecular complexity index is 391. The Balaban J connectivity index is 2.61. The van der Waals surface area contributed by atoms with Crippen molar-refractivity contribution in [1.29, 1.82) is 0 Å². The van der Waals surface area contributed by atoms with Crippen LogP contribution in [0.2, 0.25) is 0 Å². The van der Waals surface area contributed by atoms with E-state index < -0.39 is 4.92 Å². The number of nitro benzene ring substituents is 1. The SMILES string of the molecule is Cc1ccc(OCCC[NH+](C)C)c([N+](=O)[O-])c1. The maximum atomic E-state index is 10.8. The van der Waals surface area contributed by atoms with Crippen molar-refractivity contribution in [2.45, 2.75) is 13.3 Å². The molecular weight excluding hydrogens is 220 g/mol. The normalized spacial score (nSPS) is 10.6. The average molecular weight is 239 g/mol. The second kappa shape index (κ2) is 6.20. The first kappa shape index (κ1) is 13.4. The molecule has 5 heteroatoms. The van der Waals surface area contributed by atoms with Gasteiger partial charge >= 0.3 is 5.69 Å². The highest BCUT2D eigenvalue weighted by molar-refractivity contribution is 5.48. The molecule has 0 heterocycles. The lowest BCUT2D eigenvalue weighted by Gasteiger charge is -2.09. The number of nitrogens with zero attached hydrogens (tertiary/aromatic N) is 1. The van der Waals surface area contributed by atoms with Gasteiger partial charge in [-0.05, 0) is 18.6 Å². The van der Waals surface area contributed by atoms with Gasteiger partial charge in [0.2, 0.25) is 0 Å². The summed E-state index contributed by atoms with van der Waals surface area (Å²) in [6, 6.07) is 5.02. The predicted octanol–water partition coefficient (Wildman–Crippen LogP) is 0.817. The lowest BCUT2D eigenvalue weighted by atomic mass is 10.2. The van der Waals surface area contributed by atoms with Gasteiger partial charge in [0, 0.05) is 12.5 Å². The van der Waals surface area contributed by atoms with Crippen molar-refractivity contribution in [2.75, 3.05) is 27.2 Å². The molecule has 5 nitrogen and oxygen atoms in total. The van der Waals surface area contributed by atoms with E-state index in [1.807, 2.05) is 13.0 Å². The van der Waals surface area contributed by atoms with Crippen LogP contribution in [0.15, 0.2) is 18.2 Å². The van der Waals surface area contributed by atoms with Gasteiger partial charge in [-0.3, -0.25) is 10.1 Å². The number of nitrogens with one attached hydrogen (secondary N) is 1. The minimum Gasteiger partial charge on any atom is -0.487 e. The Hall–Kier alpha value is -1.62. The van der Waals surface area contributed by atoms with Crippen molar-refractivity contribution in [3.63, 3.8) is 0 Å². The molecule has 0 bridgehead atoms. The van der Waals surface area contributed by atoms with Gasteiger partial charge in [0.1, 0.15) is 0 Å². The average Bonchev–Trinajstić information content (AvgIpc) is 2.25. The molecule has 1 aromatic rings. The topological polar surface area (TPSA) is 56.8 Å². The van der Waals surface area contributed by atoms with E-state index >= 15 is 0 Å². The summed E-state index contributed by atoms with van der Waals surface area (Å²) in [7, 11) is 4.13. The lowest BCUT2D eigenvalue weighted by Crippen LogP contribution is -3.05. The lowest BCUT2D eigenvalue weighted by molar-refractivity contribution is -0.858. The van der Waals surface area contributed by atoms with Crippen LogP contribution in [0.4, 0.5) is 5.69 Å². The van der Waals surface area contributed by atoms with Gasteiger partial charge in [-0.1, -0.05) is 6.07 Å². The maximum Gasteiger partial charge on any atom is 0.311 e. The van der Waals surface area contributed by atoms with Crippen molar-refractivity contribution in [2.24, 2.45) is 0 Å². The molecule has 0 aliphatic rings. The van der Waals surface area contributed by atoms with Crippen LogP contribution in [-0.4, -0.2) is 32.2 Å². The monoisotopic (exact) mass is 239 g/mol. The molecule has 0 saturated heterocycles. The first-order valence-corrected chi connectivity index (χ1v) is 5.67. The summed E-state index contributed by atoms with van der Waals surface area (Å²) in [5.41, 5.74) is 0.906. The third kappa shape index (κ3) is 4.40. The van der Waals surface area contributed by atoms with E-state index in [9.17, 15) is 10.1 Å². The number of hydrogen-bond donors (Lipinski definition) is 1. The molecule has 0 unspecified atom stereocenters. The fourth-order valence-electron chi connectivity index (χ4n) is 1.50. The molecule has 1 N–H and O–H groups in total. The van der Waals surface area contributed by atoms with Crippen LogP contribution in [0.5, 0.6) is 5.75 Å². The van der Waals surface area contributed by atoms with Crippen LogP contribution in [0.3, 0.4) is 0 Å². The fourth-order valence-corrected chi connectivity index (χ4v) is 1.50. The third-order valence-corrected chi connectivity index (χ3v) is 2.39. The molecule has 0 radical (unpaired) electrons. The zero-order valence-corrected chi connectivity index (χ0v) is 10.5. The van der Waals surface area contributed by atoms with Crippen molar-refractivity contribution in [1.82, 2.24) is 0 Å². The highest BCUT2D eigenvalue weighted by atomic mass is 16.6. The number of nitro groups is 1. The van der Waals surface area contributed by atoms with E-state index in [1.54, 1.807) is 6.07 Å². The third-order valence-electron chi connectivity index (χ3n) is 2.39. The van der Waals surface area contributed by atoms with E-state index in [0.717, 1.165) is 18.5 Å². The Labute approximate surface area is 101 Å². The molecule has 0 aromatic heterocycles. The van der Waals surface area contributed by atoms with Gasteiger partial charge < -0.3 is 9.64 Å². The number of aryl methyl sites for hydroxylation is 1. The van der Waals surface area contributed by atoms with E-state index in [4.69, 9.17) is 4.74 Å². The zero-order chi connectivity index (χ0) is 12.8.